The maximum Gasteiger partial charge on any atom is 0.253 e. The van der Waals surface area contributed by atoms with Crippen LogP contribution in [-0.2, 0) is 6.42 Å². The first-order valence-electron chi connectivity index (χ1n) is 6.76. The van der Waals surface area contributed by atoms with Crippen molar-refractivity contribution in [2.75, 3.05) is 18.4 Å². The van der Waals surface area contributed by atoms with E-state index in [0.717, 1.165) is 18.0 Å². The summed E-state index contributed by atoms with van der Waals surface area (Å²) in [6.07, 6.45) is 4.95. The monoisotopic (exact) mass is 324 g/mol. The zero-order chi connectivity index (χ0) is 15.1. The van der Waals surface area contributed by atoms with Gasteiger partial charge in [0.25, 0.3) is 5.91 Å². The van der Waals surface area contributed by atoms with Gasteiger partial charge in [0.1, 0.15) is 5.82 Å². The number of carbonyl (C=O) groups excluding carboxylic acids is 1. The van der Waals surface area contributed by atoms with Crippen LogP contribution in [0.25, 0.3) is 0 Å². The lowest BCUT2D eigenvalue weighted by molar-refractivity contribution is 0.0954. The van der Waals surface area contributed by atoms with Crippen LogP contribution in [0.2, 0.25) is 5.02 Å². The molecule has 1 amide bonds. The van der Waals surface area contributed by atoms with Gasteiger partial charge in [0.05, 0.1) is 15.6 Å². The molecule has 0 saturated heterocycles. The number of hydrogen-bond acceptors (Lipinski definition) is 5. The van der Waals surface area contributed by atoms with Crippen LogP contribution in [0.4, 0.5) is 5.82 Å². The number of aromatic nitrogens is 2. The third-order valence-electron chi connectivity index (χ3n) is 2.76. The molecule has 0 radical (unpaired) electrons. The first kappa shape index (κ1) is 15.7. The molecule has 2 rings (SSSR count). The van der Waals surface area contributed by atoms with E-state index in [1.807, 2.05) is 5.38 Å². The molecular weight excluding hydrogens is 308 g/mol. The Labute approximate surface area is 132 Å². The molecule has 5 nitrogen and oxygen atoms in total. The van der Waals surface area contributed by atoms with Crippen molar-refractivity contribution in [2.24, 2.45) is 0 Å². The van der Waals surface area contributed by atoms with Crippen LogP contribution in [-0.4, -0.2) is 29.0 Å². The van der Waals surface area contributed by atoms with Crippen molar-refractivity contribution in [3.8, 4) is 0 Å². The number of nitrogens with one attached hydrogen (secondary N) is 2. The van der Waals surface area contributed by atoms with Gasteiger partial charge in [-0.3, -0.25) is 4.79 Å². The number of rotatable bonds is 7. The van der Waals surface area contributed by atoms with Gasteiger partial charge in [-0.15, -0.1) is 11.3 Å². The van der Waals surface area contributed by atoms with Crippen molar-refractivity contribution < 1.29 is 4.79 Å². The Balaban J connectivity index is 1.94. The molecule has 2 aromatic heterocycles. The first-order chi connectivity index (χ1) is 10.2. The van der Waals surface area contributed by atoms with E-state index in [0.29, 0.717) is 29.4 Å². The van der Waals surface area contributed by atoms with Crippen LogP contribution < -0.4 is 10.6 Å². The molecule has 0 aliphatic rings. The van der Waals surface area contributed by atoms with Gasteiger partial charge in [0.15, 0.2) is 0 Å². The zero-order valence-electron chi connectivity index (χ0n) is 11.7. The minimum atomic E-state index is -0.196. The zero-order valence-corrected chi connectivity index (χ0v) is 13.3. The lowest BCUT2D eigenvalue weighted by atomic mass is 10.2. The summed E-state index contributed by atoms with van der Waals surface area (Å²) in [6.45, 7) is 3.40. The predicted octanol–water partition coefficient (Wildman–Crippen LogP) is 2.99. The fourth-order valence-corrected chi connectivity index (χ4v) is 2.53. The molecule has 2 heterocycles. The van der Waals surface area contributed by atoms with Gasteiger partial charge < -0.3 is 10.6 Å². The fraction of sp³-hybridized carbons (Fsp3) is 0.357. The number of carbonyl (C=O) groups is 1. The van der Waals surface area contributed by atoms with Gasteiger partial charge in [0, 0.05) is 37.3 Å². The molecule has 0 spiro atoms. The van der Waals surface area contributed by atoms with Crippen molar-refractivity contribution in [2.45, 2.75) is 19.8 Å². The second kappa shape index (κ2) is 7.95. The van der Waals surface area contributed by atoms with E-state index in [1.54, 1.807) is 23.6 Å². The molecule has 0 saturated carbocycles. The Kier molecular flexibility index (Phi) is 5.95. The van der Waals surface area contributed by atoms with Gasteiger partial charge in [-0.05, 0) is 12.5 Å². The Morgan fingerprint density at radius 1 is 1.38 bits per heavy atom. The van der Waals surface area contributed by atoms with E-state index in [2.05, 4.69) is 27.5 Å². The number of hydrogen-bond donors (Lipinski definition) is 2. The molecule has 112 valence electrons. The summed E-state index contributed by atoms with van der Waals surface area (Å²) in [4.78, 5) is 20.5. The van der Waals surface area contributed by atoms with E-state index in [-0.39, 0.29) is 5.91 Å². The average molecular weight is 325 g/mol. The third kappa shape index (κ3) is 4.68. The minimum Gasteiger partial charge on any atom is -0.370 e. The van der Waals surface area contributed by atoms with Gasteiger partial charge in [-0.25, -0.2) is 9.97 Å². The first-order valence-corrected chi connectivity index (χ1v) is 8.02. The Morgan fingerprint density at radius 3 is 2.95 bits per heavy atom. The second-order valence-electron chi connectivity index (χ2n) is 4.41. The topological polar surface area (TPSA) is 66.9 Å². The number of nitrogens with zero attached hydrogens (tertiary/aromatic N) is 2. The van der Waals surface area contributed by atoms with Crippen LogP contribution in [0.3, 0.4) is 0 Å². The van der Waals surface area contributed by atoms with Crippen molar-refractivity contribution >= 4 is 34.7 Å². The predicted molar refractivity (Wildman–Crippen MR) is 86.2 cm³/mol. The number of anilines is 1. The lowest BCUT2D eigenvalue weighted by Crippen LogP contribution is -2.26. The number of thiazole rings is 1. The van der Waals surface area contributed by atoms with Gasteiger partial charge >= 0.3 is 0 Å². The summed E-state index contributed by atoms with van der Waals surface area (Å²) in [5.41, 5.74) is 0.435. The largest absolute Gasteiger partial charge is 0.370 e. The van der Waals surface area contributed by atoms with Gasteiger partial charge in [-0.1, -0.05) is 18.5 Å². The minimum absolute atomic E-state index is 0.196. The highest BCUT2D eigenvalue weighted by atomic mass is 35.5. The summed E-state index contributed by atoms with van der Waals surface area (Å²) in [7, 11) is 0. The van der Waals surface area contributed by atoms with E-state index < -0.39 is 0 Å². The summed E-state index contributed by atoms with van der Waals surface area (Å²) in [5, 5.41) is 9.26. The molecule has 0 aliphatic carbocycles. The normalized spacial score (nSPS) is 10.4. The summed E-state index contributed by atoms with van der Waals surface area (Å²) in [5.74, 6) is 0.463. The molecule has 0 bridgehead atoms. The molecule has 0 aliphatic heterocycles. The SMILES string of the molecule is CCCNc1cc(C(=O)NCCc2nccs2)c(Cl)cn1. The van der Waals surface area contributed by atoms with Crippen LogP contribution in [0.5, 0.6) is 0 Å². The van der Waals surface area contributed by atoms with Crippen LogP contribution in [0, 0.1) is 0 Å². The molecule has 2 aromatic rings. The number of halogens is 1. The maximum absolute atomic E-state index is 12.2. The molecule has 0 fully saturated rings. The second-order valence-corrected chi connectivity index (χ2v) is 5.79. The molecule has 0 unspecified atom stereocenters. The summed E-state index contributed by atoms with van der Waals surface area (Å²) >= 11 is 7.62. The third-order valence-corrected chi connectivity index (χ3v) is 3.90. The van der Waals surface area contributed by atoms with Crippen LogP contribution >= 0.6 is 22.9 Å². The Bertz CT molecular complexity index is 589. The van der Waals surface area contributed by atoms with E-state index in [4.69, 9.17) is 11.6 Å². The van der Waals surface area contributed by atoms with Crippen molar-refractivity contribution in [3.63, 3.8) is 0 Å². The number of pyridine rings is 1. The fourth-order valence-electron chi connectivity index (χ4n) is 1.72. The number of amides is 1. The molecular formula is C14H17ClN4OS. The smallest absolute Gasteiger partial charge is 0.253 e. The maximum atomic E-state index is 12.2. The van der Waals surface area contributed by atoms with E-state index >= 15 is 0 Å². The lowest BCUT2D eigenvalue weighted by Gasteiger charge is -2.09. The van der Waals surface area contributed by atoms with Crippen molar-refractivity contribution in [1.29, 1.82) is 0 Å². The molecule has 7 heteroatoms. The van der Waals surface area contributed by atoms with E-state index in [1.165, 1.54) is 6.20 Å². The highest BCUT2D eigenvalue weighted by molar-refractivity contribution is 7.09. The molecule has 21 heavy (non-hydrogen) atoms. The highest BCUT2D eigenvalue weighted by Gasteiger charge is 2.12. The standard InChI is InChI=1S/C14H17ClN4OS/c1-2-4-16-12-8-10(11(15)9-19-12)14(20)18-5-3-13-17-6-7-21-13/h6-9H,2-5H2,1H3,(H,16,19)(H,18,20). The van der Waals surface area contributed by atoms with Crippen molar-refractivity contribution in [1.82, 2.24) is 15.3 Å². The van der Waals surface area contributed by atoms with Crippen LogP contribution in [0.15, 0.2) is 23.8 Å². The van der Waals surface area contributed by atoms with Gasteiger partial charge in [0.2, 0.25) is 0 Å². The molecule has 0 atom stereocenters. The quantitative estimate of drug-likeness (QED) is 0.821. The summed E-state index contributed by atoms with van der Waals surface area (Å²) < 4.78 is 0. The van der Waals surface area contributed by atoms with Crippen molar-refractivity contribution in [3.05, 3.63) is 39.4 Å². The molecule has 2 N–H and O–H groups in total. The highest BCUT2D eigenvalue weighted by Crippen LogP contribution is 2.18. The molecule has 0 aromatic carbocycles. The van der Waals surface area contributed by atoms with Gasteiger partial charge in [-0.2, -0.15) is 0 Å². The summed E-state index contributed by atoms with van der Waals surface area (Å²) in [6, 6.07) is 1.68. The Morgan fingerprint density at radius 2 is 2.24 bits per heavy atom. The Hall–Kier alpha value is -1.66. The van der Waals surface area contributed by atoms with Crippen LogP contribution in [0.1, 0.15) is 28.7 Å². The average Bonchev–Trinajstić information content (AvgIpc) is 2.99. The van der Waals surface area contributed by atoms with E-state index in [9.17, 15) is 4.79 Å².